The fourth-order valence-electron chi connectivity index (χ4n) is 4.15. The van der Waals surface area contributed by atoms with E-state index in [1.165, 1.54) is 18.2 Å². The summed E-state index contributed by atoms with van der Waals surface area (Å²) in [7, 11) is -2.62. The fourth-order valence-corrected chi connectivity index (χ4v) is 4.15. The minimum Gasteiger partial charge on any atom is -0.504 e. The van der Waals surface area contributed by atoms with Crippen molar-refractivity contribution in [3.8, 4) is 67.9 Å². The summed E-state index contributed by atoms with van der Waals surface area (Å²) in [6, 6.07) is 43.1. The van der Waals surface area contributed by atoms with Crippen LogP contribution in [-0.2, 0) is 0 Å². The molecular weight excluding hydrogens is 607 g/mol. The smallest absolute Gasteiger partial charge is 0.324 e. The first-order valence-corrected chi connectivity index (χ1v) is 14.9. The molecule has 0 atom stereocenters. The number of benzene rings is 6. The van der Waals surface area contributed by atoms with Crippen LogP contribution < -0.4 is 0 Å². The minimum atomic E-state index is -2.62. The third-order valence-corrected chi connectivity index (χ3v) is 6.30. The molecule has 9 N–H and O–H groups in total. The minimum absolute atomic E-state index is 0.0706. The van der Waals surface area contributed by atoms with Gasteiger partial charge >= 0.3 is 8.60 Å². The van der Waals surface area contributed by atoms with E-state index in [4.69, 9.17) is 14.7 Å². The zero-order valence-corrected chi connectivity index (χ0v) is 25.2. The van der Waals surface area contributed by atoms with Crippen molar-refractivity contribution in [1.82, 2.24) is 0 Å². The van der Waals surface area contributed by atoms with Crippen LogP contribution in [0.2, 0.25) is 0 Å². The van der Waals surface area contributed by atoms with E-state index < -0.39 is 8.60 Å². The van der Waals surface area contributed by atoms with Gasteiger partial charge in [-0.25, -0.2) is 0 Å². The third-order valence-electron chi connectivity index (χ3n) is 6.30. The molecule has 10 heteroatoms. The van der Waals surface area contributed by atoms with E-state index in [0.717, 1.165) is 16.7 Å². The molecule has 6 rings (SSSR count). The molecule has 0 heterocycles. The Labute approximate surface area is 267 Å². The SMILES string of the molecule is OP(O)O.Oc1cccc(-c2ccccc2)c1O.Oc1cccc(-c2ccccc2)c1O.Oc1cccc(-c2ccccc2)c1O. The van der Waals surface area contributed by atoms with Crippen LogP contribution in [0.5, 0.6) is 34.5 Å². The van der Waals surface area contributed by atoms with E-state index in [1.54, 1.807) is 36.4 Å². The number of hydrogen-bond donors (Lipinski definition) is 9. The van der Waals surface area contributed by atoms with Gasteiger partial charge in [-0.3, -0.25) is 0 Å². The lowest BCUT2D eigenvalue weighted by molar-refractivity contribution is 0.368. The number of phenols is 6. The van der Waals surface area contributed by atoms with Gasteiger partial charge in [-0.05, 0) is 34.9 Å². The second-order valence-electron chi connectivity index (χ2n) is 9.39. The first kappa shape index (κ1) is 34.9. The first-order chi connectivity index (χ1) is 22.1. The number of aromatic hydroxyl groups is 6. The molecule has 9 nitrogen and oxygen atoms in total. The fraction of sp³-hybridized carbons (Fsp3) is 0. The van der Waals surface area contributed by atoms with Gasteiger partial charge in [0.15, 0.2) is 34.5 Å². The summed E-state index contributed by atoms with van der Waals surface area (Å²) < 4.78 is 0. The lowest BCUT2D eigenvalue weighted by atomic mass is 10.0. The standard InChI is InChI=1S/3C12H10O2.H3O3P/c3*13-11-8-4-7-10(12(11)14)9-5-2-1-3-6-9;1-4(2)3/h3*1-8,13-14H;1-3H. The van der Waals surface area contributed by atoms with Crippen molar-refractivity contribution in [2.24, 2.45) is 0 Å². The zero-order valence-electron chi connectivity index (χ0n) is 24.3. The van der Waals surface area contributed by atoms with E-state index in [1.807, 2.05) is 91.0 Å². The van der Waals surface area contributed by atoms with Crippen molar-refractivity contribution in [3.05, 3.63) is 146 Å². The summed E-state index contributed by atoms with van der Waals surface area (Å²) >= 11 is 0. The van der Waals surface area contributed by atoms with Crippen molar-refractivity contribution in [2.45, 2.75) is 0 Å². The predicted octanol–water partition coefficient (Wildman–Crippen LogP) is 7.48. The van der Waals surface area contributed by atoms with Gasteiger partial charge in [0.2, 0.25) is 0 Å². The highest BCUT2D eigenvalue weighted by molar-refractivity contribution is 7.38. The Balaban J connectivity index is 0.000000177. The molecule has 0 bridgehead atoms. The Hall–Kier alpha value is -5.57. The van der Waals surface area contributed by atoms with Gasteiger partial charge in [-0.1, -0.05) is 127 Å². The zero-order chi connectivity index (χ0) is 33.5. The first-order valence-electron chi connectivity index (χ1n) is 13.7. The molecule has 6 aromatic rings. The average molecular weight is 641 g/mol. The largest absolute Gasteiger partial charge is 0.504 e. The Morgan fingerprint density at radius 3 is 0.717 bits per heavy atom. The van der Waals surface area contributed by atoms with Crippen LogP contribution >= 0.6 is 8.60 Å². The quantitative estimate of drug-likeness (QED) is 0.0699. The summed E-state index contributed by atoms with van der Waals surface area (Å²) in [5.74, 6) is -0.486. The molecule has 0 aliphatic rings. The molecule has 0 amide bonds. The molecule has 0 fully saturated rings. The van der Waals surface area contributed by atoms with E-state index in [9.17, 15) is 30.6 Å². The molecule has 0 saturated heterocycles. The van der Waals surface area contributed by atoms with Crippen molar-refractivity contribution >= 4 is 8.60 Å². The molecule has 46 heavy (non-hydrogen) atoms. The lowest BCUT2D eigenvalue weighted by Gasteiger charge is -2.05. The van der Waals surface area contributed by atoms with E-state index >= 15 is 0 Å². The van der Waals surface area contributed by atoms with E-state index in [-0.39, 0.29) is 34.5 Å². The molecule has 0 radical (unpaired) electrons. The molecule has 0 spiro atoms. The van der Waals surface area contributed by atoms with Crippen molar-refractivity contribution in [3.63, 3.8) is 0 Å². The molecule has 0 aliphatic heterocycles. The van der Waals surface area contributed by atoms with E-state index in [0.29, 0.717) is 16.7 Å². The Morgan fingerprint density at radius 1 is 0.283 bits per heavy atom. The second kappa shape index (κ2) is 17.7. The van der Waals surface area contributed by atoms with Gasteiger partial charge in [-0.15, -0.1) is 0 Å². The summed E-state index contributed by atoms with van der Waals surface area (Å²) in [5, 5.41) is 56.7. The molecule has 0 aromatic heterocycles. The second-order valence-corrected chi connectivity index (χ2v) is 9.92. The normalized spacial score (nSPS) is 9.91. The molecule has 0 saturated carbocycles. The maximum absolute atomic E-state index is 9.60. The number of para-hydroxylation sites is 3. The molecular formula is C36H33O9P. The lowest BCUT2D eigenvalue weighted by Crippen LogP contribution is -1.78. The number of hydrogen-bond acceptors (Lipinski definition) is 9. The van der Waals surface area contributed by atoms with Crippen LogP contribution in [0, 0.1) is 0 Å². The molecule has 236 valence electrons. The average Bonchev–Trinajstić information content (AvgIpc) is 3.06. The molecule has 6 aromatic carbocycles. The topological polar surface area (TPSA) is 182 Å². The van der Waals surface area contributed by atoms with Gasteiger partial charge < -0.3 is 45.3 Å². The highest BCUT2D eigenvalue weighted by atomic mass is 31.2. The van der Waals surface area contributed by atoms with Gasteiger partial charge in [-0.2, -0.15) is 0 Å². The highest BCUT2D eigenvalue weighted by Crippen LogP contribution is 2.37. The third kappa shape index (κ3) is 10.3. The van der Waals surface area contributed by atoms with Crippen molar-refractivity contribution in [1.29, 1.82) is 0 Å². The van der Waals surface area contributed by atoms with Gasteiger partial charge in [0.25, 0.3) is 0 Å². The van der Waals surface area contributed by atoms with Gasteiger partial charge in [0.05, 0.1) is 0 Å². The van der Waals surface area contributed by atoms with Crippen LogP contribution in [0.25, 0.3) is 33.4 Å². The maximum atomic E-state index is 9.60. The van der Waals surface area contributed by atoms with Crippen LogP contribution in [0.3, 0.4) is 0 Å². The van der Waals surface area contributed by atoms with Crippen molar-refractivity contribution in [2.75, 3.05) is 0 Å². The van der Waals surface area contributed by atoms with Crippen LogP contribution in [0.15, 0.2) is 146 Å². The predicted molar refractivity (Wildman–Crippen MR) is 179 cm³/mol. The summed E-state index contributed by atoms with van der Waals surface area (Å²) in [4.78, 5) is 21.7. The van der Waals surface area contributed by atoms with Crippen molar-refractivity contribution < 1.29 is 45.3 Å². The highest BCUT2D eigenvalue weighted by Gasteiger charge is 2.08. The maximum Gasteiger partial charge on any atom is 0.324 e. The van der Waals surface area contributed by atoms with Gasteiger partial charge in [0, 0.05) is 16.7 Å². The molecule has 0 unspecified atom stereocenters. The van der Waals surface area contributed by atoms with Gasteiger partial charge in [0.1, 0.15) is 0 Å². The summed E-state index contributed by atoms with van der Waals surface area (Å²) in [6.45, 7) is 0. The summed E-state index contributed by atoms with van der Waals surface area (Å²) in [5.41, 5.74) is 4.60. The Kier molecular flexibility index (Phi) is 13.4. The molecule has 0 aliphatic carbocycles. The van der Waals surface area contributed by atoms with Crippen LogP contribution in [0.1, 0.15) is 0 Å². The number of phenolic OH excluding ortho intramolecular Hbond substituents is 6. The van der Waals surface area contributed by atoms with Crippen LogP contribution in [-0.4, -0.2) is 45.3 Å². The Morgan fingerprint density at radius 2 is 0.500 bits per heavy atom. The van der Waals surface area contributed by atoms with Crippen LogP contribution in [0.4, 0.5) is 0 Å². The Bertz CT molecular complexity index is 1570. The summed E-state index contributed by atoms with van der Waals surface area (Å²) in [6.07, 6.45) is 0. The monoisotopic (exact) mass is 640 g/mol. The number of rotatable bonds is 3. The van der Waals surface area contributed by atoms with E-state index in [2.05, 4.69) is 0 Å².